The average molecular weight is 363 g/mol. The number of benzene rings is 4. The second-order valence-corrected chi connectivity index (χ2v) is 6.96. The zero-order chi connectivity index (χ0) is 18.7. The number of rotatable bonds is 1. The minimum Gasteiger partial charge on any atom is -0.453 e. The molecule has 0 N–H and O–H groups in total. The zero-order valence-corrected chi connectivity index (χ0v) is 14.8. The molecule has 0 saturated carbocycles. The van der Waals surface area contributed by atoms with Crippen LogP contribution in [0.2, 0.25) is 0 Å². The molecule has 0 spiro atoms. The Morgan fingerprint density at radius 1 is 0.679 bits per heavy atom. The van der Waals surface area contributed by atoms with E-state index in [9.17, 15) is 4.39 Å². The fourth-order valence-electron chi connectivity index (χ4n) is 4.03. The predicted molar refractivity (Wildman–Crippen MR) is 112 cm³/mol. The molecule has 6 rings (SSSR count). The number of fused-ring (bicyclic) bond motifs is 7. The lowest BCUT2D eigenvalue weighted by atomic mass is 10.0. The smallest absolute Gasteiger partial charge is 0.162 e. The lowest BCUT2D eigenvalue weighted by molar-refractivity contribution is 0.629. The molecule has 2 aromatic heterocycles. The molecule has 0 saturated heterocycles. The topological polar surface area (TPSA) is 26.0 Å². The second kappa shape index (κ2) is 5.64. The Balaban J connectivity index is 1.88. The van der Waals surface area contributed by atoms with E-state index in [1.165, 1.54) is 12.1 Å². The molecule has 2 nitrogen and oxygen atoms in total. The Hall–Kier alpha value is -3.72. The summed E-state index contributed by atoms with van der Waals surface area (Å²) in [6.45, 7) is 0. The molecular formula is C25H14FNO. The maximum absolute atomic E-state index is 14.0. The third-order valence-corrected chi connectivity index (χ3v) is 5.30. The number of pyridine rings is 1. The molecule has 0 fully saturated rings. The van der Waals surface area contributed by atoms with Gasteiger partial charge in [-0.05, 0) is 23.6 Å². The quantitative estimate of drug-likeness (QED) is 0.311. The van der Waals surface area contributed by atoms with E-state index in [2.05, 4.69) is 24.3 Å². The molecule has 0 radical (unpaired) electrons. The molecule has 28 heavy (non-hydrogen) atoms. The van der Waals surface area contributed by atoms with Gasteiger partial charge >= 0.3 is 0 Å². The summed E-state index contributed by atoms with van der Waals surface area (Å²) in [7, 11) is 0. The monoisotopic (exact) mass is 363 g/mol. The summed E-state index contributed by atoms with van der Waals surface area (Å²) >= 11 is 0. The van der Waals surface area contributed by atoms with Gasteiger partial charge in [-0.15, -0.1) is 0 Å². The molecule has 0 amide bonds. The Morgan fingerprint density at radius 2 is 1.46 bits per heavy atom. The predicted octanol–water partition coefficient (Wildman–Crippen LogP) is 7.09. The van der Waals surface area contributed by atoms with Gasteiger partial charge < -0.3 is 4.42 Å². The minimum atomic E-state index is -0.295. The van der Waals surface area contributed by atoms with Crippen LogP contribution in [0.4, 0.5) is 4.39 Å². The van der Waals surface area contributed by atoms with E-state index < -0.39 is 0 Å². The van der Waals surface area contributed by atoms with E-state index in [0.717, 1.165) is 49.4 Å². The highest BCUT2D eigenvalue weighted by Crippen LogP contribution is 2.41. The van der Waals surface area contributed by atoms with Crippen LogP contribution in [0.15, 0.2) is 89.3 Å². The summed E-state index contributed by atoms with van der Waals surface area (Å²) in [6.07, 6.45) is 0. The molecule has 3 heteroatoms. The first-order valence-electron chi connectivity index (χ1n) is 9.18. The van der Waals surface area contributed by atoms with Crippen molar-refractivity contribution in [3.05, 3.63) is 90.7 Å². The SMILES string of the molecule is Fc1ccc2c(c1)nc(-c1ccccc1)c1oc3c4ccccc4ccc3c12. The van der Waals surface area contributed by atoms with E-state index in [1.807, 2.05) is 42.5 Å². The summed E-state index contributed by atoms with van der Waals surface area (Å²) in [5, 5.41) is 5.07. The van der Waals surface area contributed by atoms with Gasteiger partial charge in [0, 0.05) is 33.2 Å². The number of nitrogens with zero attached hydrogens (tertiary/aromatic N) is 1. The molecule has 0 unspecified atom stereocenters. The number of furan rings is 1. The van der Waals surface area contributed by atoms with Crippen molar-refractivity contribution < 1.29 is 8.81 Å². The van der Waals surface area contributed by atoms with E-state index in [0.29, 0.717) is 5.52 Å². The molecule has 2 heterocycles. The summed E-state index contributed by atoms with van der Waals surface area (Å²) in [4.78, 5) is 4.78. The van der Waals surface area contributed by atoms with Gasteiger partial charge in [-0.1, -0.05) is 60.7 Å². The van der Waals surface area contributed by atoms with Crippen molar-refractivity contribution in [2.75, 3.05) is 0 Å². The van der Waals surface area contributed by atoms with E-state index in [4.69, 9.17) is 9.40 Å². The number of halogens is 1. The van der Waals surface area contributed by atoms with Crippen LogP contribution in [0.25, 0.3) is 54.9 Å². The Morgan fingerprint density at radius 3 is 2.36 bits per heavy atom. The first-order chi connectivity index (χ1) is 13.8. The highest BCUT2D eigenvalue weighted by Gasteiger charge is 2.19. The van der Waals surface area contributed by atoms with E-state index in [-0.39, 0.29) is 5.82 Å². The first-order valence-corrected chi connectivity index (χ1v) is 9.18. The Bertz CT molecular complexity index is 1520. The molecule has 0 bridgehead atoms. The number of hydrogen-bond donors (Lipinski definition) is 0. The lowest BCUT2D eigenvalue weighted by Crippen LogP contribution is -1.88. The lowest BCUT2D eigenvalue weighted by Gasteiger charge is -2.06. The van der Waals surface area contributed by atoms with Gasteiger partial charge in [0.1, 0.15) is 17.1 Å². The van der Waals surface area contributed by atoms with Gasteiger partial charge in [0.25, 0.3) is 0 Å². The minimum absolute atomic E-state index is 0.295. The Labute approximate surface area is 159 Å². The third-order valence-electron chi connectivity index (χ3n) is 5.30. The van der Waals surface area contributed by atoms with Crippen LogP contribution in [0, 0.1) is 5.82 Å². The molecule has 0 aliphatic carbocycles. The normalized spacial score (nSPS) is 11.8. The van der Waals surface area contributed by atoms with Gasteiger partial charge in [-0.25, -0.2) is 9.37 Å². The zero-order valence-electron chi connectivity index (χ0n) is 14.8. The van der Waals surface area contributed by atoms with Crippen LogP contribution in [0.5, 0.6) is 0 Å². The van der Waals surface area contributed by atoms with E-state index in [1.54, 1.807) is 6.07 Å². The van der Waals surface area contributed by atoms with Gasteiger partial charge in [-0.3, -0.25) is 0 Å². The average Bonchev–Trinajstić information content (AvgIpc) is 3.14. The fourth-order valence-corrected chi connectivity index (χ4v) is 4.03. The number of hydrogen-bond acceptors (Lipinski definition) is 2. The van der Waals surface area contributed by atoms with Crippen molar-refractivity contribution in [2.24, 2.45) is 0 Å². The summed E-state index contributed by atoms with van der Waals surface area (Å²) in [6, 6.07) is 27.0. The van der Waals surface area contributed by atoms with Crippen molar-refractivity contribution in [2.45, 2.75) is 0 Å². The largest absolute Gasteiger partial charge is 0.453 e. The van der Waals surface area contributed by atoms with Crippen LogP contribution in [0.3, 0.4) is 0 Å². The fraction of sp³-hybridized carbons (Fsp3) is 0. The molecule has 132 valence electrons. The molecular weight excluding hydrogens is 349 g/mol. The molecule has 0 aliphatic rings. The first kappa shape index (κ1) is 15.3. The van der Waals surface area contributed by atoms with Gasteiger partial charge in [0.05, 0.1) is 5.52 Å². The summed E-state index contributed by atoms with van der Waals surface area (Å²) < 4.78 is 20.4. The van der Waals surface area contributed by atoms with Crippen molar-refractivity contribution in [1.29, 1.82) is 0 Å². The molecule has 4 aromatic carbocycles. The highest BCUT2D eigenvalue weighted by molar-refractivity contribution is 6.24. The van der Waals surface area contributed by atoms with Crippen molar-refractivity contribution in [3.8, 4) is 11.3 Å². The van der Waals surface area contributed by atoms with Crippen molar-refractivity contribution in [3.63, 3.8) is 0 Å². The maximum Gasteiger partial charge on any atom is 0.162 e. The second-order valence-electron chi connectivity index (χ2n) is 6.96. The Kier molecular flexibility index (Phi) is 3.09. The van der Waals surface area contributed by atoms with Gasteiger partial charge in [-0.2, -0.15) is 0 Å². The molecule has 0 aliphatic heterocycles. The summed E-state index contributed by atoms with van der Waals surface area (Å²) in [5.74, 6) is -0.295. The molecule has 0 atom stereocenters. The summed E-state index contributed by atoms with van der Waals surface area (Å²) in [5.41, 5.74) is 3.87. The van der Waals surface area contributed by atoms with Gasteiger partial charge in [0.15, 0.2) is 5.58 Å². The standard InChI is InChI=1S/C25H14FNO/c26-17-11-13-19-21(14-17)27-23(16-7-2-1-3-8-16)25-22(19)20-12-10-15-6-4-5-9-18(15)24(20)28-25/h1-14H. The number of aromatic nitrogens is 1. The van der Waals surface area contributed by atoms with Crippen LogP contribution in [-0.4, -0.2) is 4.98 Å². The van der Waals surface area contributed by atoms with E-state index >= 15 is 0 Å². The van der Waals surface area contributed by atoms with Crippen LogP contribution in [0.1, 0.15) is 0 Å². The van der Waals surface area contributed by atoms with Gasteiger partial charge in [0.2, 0.25) is 0 Å². The van der Waals surface area contributed by atoms with Crippen LogP contribution < -0.4 is 0 Å². The van der Waals surface area contributed by atoms with Crippen molar-refractivity contribution in [1.82, 2.24) is 4.98 Å². The highest BCUT2D eigenvalue weighted by atomic mass is 19.1. The third kappa shape index (κ3) is 2.10. The van der Waals surface area contributed by atoms with Crippen LogP contribution in [-0.2, 0) is 0 Å². The maximum atomic E-state index is 14.0. The van der Waals surface area contributed by atoms with Crippen LogP contribution >= 0.6 is 0 Å². The molecule has 6 aromatic rings. The van der Waals surface area contributed by atoms with Crippen molar-refractivity contribution >= 4 is 43.6 Å².